The molecule has 0 unspecified atom stereocenters. The number of benzene rings is 2. The highest BCUT2D eigenvalue weighted by Crippen LogP contribution is 2.28. The molecule has 0 atom stereocenters. The number of hydrogen-bond acceptors (Lipinski definition) is 3. The smallest absolute Gasteiger partial charge is 0.339 e. The van der Waals surface area contributed by atoms with Crippen molar-refractivity contribution in [1.29, 1.82) is 0 Å². The van der Waals surface area contributed by atoms with Crippen LogP contribution in [-0.4, -0.2) is 17.6 Å². The second-order valence-electron chi connectivity index (χ2n) is 5.11. The molecule has 2 aromatic carbocycles. The molecule has 0 aliphatic rings. The number of pyridine rings is 1. The van der Waals surface area contributed by atoms with E-state index in [1.54, 1.807) is 12.1 Å². The fraction of sp³-hybridized carbons (Fsp3) is 0.0526. The third kappa shape index (κ3) is 3.57. The summed E-state index contributed by atoms with van der Waals surface area (Å²) >= 11 is 6.86. The lowest BCUT2D eigenvalue weighted by molar-refractivity contribution is 0.0552. The lowest BCUT2D eigenvalue weighted by Crippen LogP contribution is -2.07. The molecule has 0 aliphatic heterocycles. The maximum atomic E-state index is 12.4. The summed E-state index contributed by atoms with van der Waals surface area (Å²) < 4.78 is 7.10. The highest BCUT2D eigenvalue weighted by atomic mass is 79.9. The minimum absolute atomic E-state index is 0.171. The zero-order valence-electron chi connectivity index (χ0n) is 12.6. The van der Waals surface area contributed by atoms with E-state index in [1.807, 2.05) is 42.5 Å². The SMILES string of the molecule is C=CCOC(=O)c1cc(-c2ccc(Br)cc2)nc2ccc(Br)cc12. The van der Waals surface area contributed by atoms with Crippen molar-refractivity contribution < 1.29 is 9.53 Å². The Labute approximate surface area is 156 Å². The number of nitrogens with zero attached hydrogens (tertiary/aromatic N) is 1. The molecule has 0 fully saturated rings. The zero-order chi connectivity index (χ0) is 17.1. The molecule has 0 radical (unpaired) electrons. The highest BCUT2D eigenvalue weighted by Gasteiger charge is 2.15. The molecule has 0 aliphatic carbocycles. The monoisotopic (exact) mass is 445 g/mol. The van der Waals surface area contributed by atoms with Crippen LogP contribution < -0.4 is 0 Å². The summed E-state index contributed by atoms with van der Waals surface area (Å²) in [4.78, 5) is 17.1. The molecule has 3 aromatic rings. The third-order valence-electron chi connectivity index (χ3n) is 3.46. The number of carbonyl (C=O) groups is 1. The average Bonchev–Trinajstić information content (AvgIpc) is 2.59. The zero-order valence-corrected chi connectivity index (χ0v) is 15.8. The van der Waals surface area contributed by atoms with Crippen molar-refractivity contribution >= 4 is 48.7 Å². The van der Waals surface area contributed by atoms with Gasteiger partial charge in [0, 0.05) is 19.9 Å². The van der Waals surface area contributed by atoms with Gasteiger partial charge in [-0.1, -0.05) is 56.6 Å². The topological polar surface area (TPSA) is 39.2 Å². The van der Waals surface area contributed by atoms with Crippen molar-refractivity contribution in [3.8, 4) is 11.3 Å². The Balaban J connectivity index is 2.18. The van der Waals surface area contributed by atoms with Gasteiger partial charge in [0.15, 0.2) is 0 Å². The summed E-state index contributed by atoms with van der Waals surface area (Å²) in [6.45, 7) is 3.75. The van der Waals surface area contributed by atoms with E-state index in [-0.39, 0.29) is 6.61 Å². The van der Waals surface area contributed by atoms with E-state index in [2.05, 4.69) is 43.4 Å². The predicted octanol–water partition coefficient (Wildman–Crippen LogP) is 5.77. The van der Waals surface area contributed by atoms with Crippen molar-refractivity contribution in [3.63, 3.8) is 0 Å². The van der Waals surface area contributed by atoms with Gasteiger partial charge in [-0.05, 0) is 36.4 Å². The maximum absolute atomic E-state index is 12.4. The molecule has 0 amide bonds. The maximum Gasteiger partial charge on any atom is 0.339 e. The van der Waals surface area contributed by atoms with Crippen LogP contribution in [0, 0.1) is 0 Å². The van der Waals surface area contributed by atoms with Crippen LogP contribution >= 0.6 is 31.9 Å². The largest absolute Gasteiger partial charge is 0.458 e. The molecule has 0 N–H and O–H groups in total. The molecule has 120 valence electrons. The number of ether oxygens (including phenoxy) is 1. The fourth-order valence-corrected chi connectivity index (χ4v) is 2.97. The molecular formula is C19H13Br2NO2. The summed E-state index contributed by atoms with van der Waals surface area (Å²) in [5.74, 6) is -0.390. The quantitative estimate of drug-likeness (QED) is 0.377. The number of carbonyl (C=O) groups excluding carboxylic acids is 1. The number of esters is 1. The molecule has 1 aromatic heterocycles. The molecule has 0 bridgehead atoms. The summed E-state index contributed by atoms with van der Waals surface area (Å²) in [6.07, 6.45) is 1.55. The third-order valence-corrected chi connectivity index (χ3v) is 4.48. The van der Waals surface area contributed by atoms with E-state index in [9.17, 15) is 4.79 Å². The minimum atomic E-state index is -0.390. The summed E-state index contributed by atoms with van der Waals surface area (Å²) in [6, 6.07) is 15.2. The predicted molar refractivity (Wildman–Crippen MR) is 103 cm³/mol. The first-order valence-electron chi connectivity index (χ1n) is 7.23. The van der Waals surface area contributed by atoms with Gasteiger partial charge in [0.1, 0.15) is 6.61 Å². The molecule has 1 heterocycles. The standard InChI is InChI=1S/C19H13Br2NO2/c1-2-9-24-19(23)16-11-18(12-3-5-13(20)6-4-12)22-17-8-7-14(21)10-15(16)17/h2-8,10-11H,1,9H2. The Bertz CT molecular complexity index is 921. The molecule has 0 spiro atoms. The molecule has 0 saturated heterocycles. The van der Waals surface area contributed by atoms with Gasteiger partial charge in [-0.3, -0.25) is 0 Å². The Hall–Kier alpha value is -1.98. The van der Waals surface area contributed by atoms with Gasteiger partial charge in [0.2, 0.25) is 0 Å². The van der Waals surface area contributed by atoms with Crippen LogP contribution in [0.4, 0.5) is 0 Å². The van der Waals surface area contributed by atoms with E-state index >= 15 is 0 Å². The second-order valence-corrected chi connectivity index (χ2v) is 6.94. The van der Waals surface area contributed by atoms with Crippen LogP contribution in [0.5, 0.6) is 0 Å². The summed E-state index contributed by atoms with van der Waals surface area (Å²) in [7, 11) is 0. The van der Waals surface area contributed by atoms with Gasteiger partial charge >= 0.3 is 5.97 Å². The minimum Gasteiger partial charge on any atom is -0.458 e. The molecule has 0 saturated carbocycles. The number of halogens is 2. The number of fused-ring (bicyclic) bond motifs is 1. The Morgan fingerprint density at radius 3 is 2.50 bits per heavy atom. The van der Waals surface area contributed by atoms with Crippen LogP contribution in [0.25, 0.3) is 22.2 Å². The Morgan fingerprint density at radius 2 is 1.79 bits per heavy atom. The lowest BCUT2D eigenvalue weighted by atomic mass is 10.0. The van der Waals surface area contributed by atoms with E-state index in [4.69, 9.17) is 4.74 Å². The van der Waals surface area contributed by atoms with E-state index in [1.165, 1.54) is 0 Å². The first-order valence-corrected chi connectivity index (χ1v) is 8.81. The Kier molecular flexibility index (Phi) is 5.11. The Morgan fingerprint density at radius 1 is 1.08 bits per heavy atom. The van der Waals surface area contributed by atoms with Gasteiger partial charge in [-0.15, -0.1) is 0 Å². The van der Waals surface area contributed by atoms with Crippen LogP contribution in [0.2, 0.25) is 0 Å². The van der Waals surface area contributed by atoms with Crippen molar-refractivity contribution in [3.05, 3.63) is 75.7 Å². The van der Waals surface area contributed by atoms with Gasteiger partial charge < -0.3 is 4.74 Å². The van der Waals surface area contributed by atoms with Gasteiger partial charge in [0.05, 0.1) is 16.8 Å². The van der Waals surface area contributed by atoms with Crippen molar-refractivity contribution in [2.45, 2.75) is 0 Å². The summed E-state index contributed by atoms with van der Waals surface area (Å²) in [5, 5.41) is 0.749. The van der Waals surface area contributed by atoms with Crippen LogP contribution in [0.3, 0.4) is 0 Å². The van der Waals surface area contributed by atoms with Gasteiger partial charge in [-0.25, -0.2) is 9.78 Å². The molecule has 24 heavy (non-hydrogen) atoms. The van der Waals surface area contributed by atoms with Crippen molar-refractivity contribution in [1.82, 2.24) is 4.98 Å². The van der Waals surface area contributed by atoms with Crippen LogP contribution in [0.15, 0.2) is 70.1 Å². The summed E-state index contributed by atoms with van der Waals surface area (Å²) in [5.41, 5.74) is 2.88. The fourth-order valence-electron chi connectivity index (χ4n) is 2.35. The number of rotatable bonds is 4. The molecular weight excluding hydrogens is 434 g/mol. The van der Waals surface area contributed by atoms with E-state index in [0.717, 1.165) is 31.1 Å². The second kappa shape index (κ2) is 7.28. The molecule has 3 rings (SSSR count). The number of hydrogen-bond donors (Lipinski definition) is 0. The normalized spacial score (nSPS) is 10.6. The molecule has 5 heteroatoms. The van der Waals surface area contributed by atoms with Crippen molar-refractivity contribution in [2.75, 3.05) is 6.61 Å². The van der Waals surface area contributed by atoms with E-state index < -0.39 is 5.97 Å². The van der Waals surface area contributed by atoms with E-state index in [0.29, 0.717) is 5.56 Å². The number of aromatic nitrogens is 1. The first kappa shape index (κ1) is 16.9. The van der Waals surface area contributed by atoms with Crippen LogP contribution in [-0.2, 0) is 4.74 Å². The lowest BCUT2D eigenvalue weighted by Gasteiger charge is -2.10. The molecule has 3 nitrogen and oxygen atoms in total. The first-order chi connectivity index (χ1) is 11.6. The highest BCUT2D eigenvalue weighted by molar-refractivity contribution is 9.10. The van der Waals surface area contributed by atoms with Crippen molar-refractivity contribution in [2.24, 2.45) is 0 Å². The van der Waals surface area contributed by atoms with Gasteiger partial charge in [0.25, 0.3) is 0 Å². The van der Waals surface area contributed by atoms with Gasteiger partial charge in [-0.2, -0.15) is 0 Å². The van der Waals surface area contributed by atoms with Crippen LogP contribution in [0.1, 0.15) is 10.4 Å². The average molecular weight is 447 g/mol.